The second-order valence-electron chi connectivity index (χ2n) is 10.2. The first kappa shape index (κ1) is 29.1. The Kier molecular flexibility index (Phi) is 9.42. The Morgan fingerprint density at radius 2 is 1.60 bits per heavy atom. The molecule has 1 atom stereocenters. The van der Waals surface area contributed by atoms with E-state index >= 15 is 0 Å². The van der Waals surface area contributed by atoms with Crippen molar-refractivity contribution in [3.8, 4) is 16.3 Å². The highest BCUT2D eigenvalue weighted by Crippen LogP contribution is 2.34. The van der Waals surface area contributed by atoms with Gasteiger partial charge in [-0.15, -0.1) is 0 Å². The summed E-state index contributed by atoms with van der Waals surface area (Å²) < 4.78 is 10.3. The molecule has 1 aromatic heterocycles. The van der Waals surface area contributed by atoms with Gasteiger partial charge in [0, 0.05) is 11.3 Å². The standard InChI is InChI=1S/C30H36N4O5S/c1-17-15-18(2)23(19(3)16-17)33-30(37)34-28-25(32-27(40-28)21-11-13-22(38-4)14-12-21)26(35)31-24(29(36)39-5)20-9-7-6-8-10-20/h11-16,20,24H,6-10H2,1-5H3,(H,31,35)(H2,33,34,37)/t24-/m0/s1. The molecule has 3 N–H and O–H groups in total. The van der Waals surface area contributed by atoms with Gasteiger partial charge in [0.1, 0.15) is 21.8 Å². The lowest BCUT2D eigenvalue weighted by molar-refractivity contribution is -0.144. The number of anilines is 2. The molecule has 212 valence electrons. The number of nitrogens with one attached hydrogen (secondary N) is 3. The fraction of sp³-hybridized carbons (Fsp3) is 0.400. The Morgan fingerprint density at radius 3 is 2.20 bits per heavy atom. The van der Waals surface area contributed by atoms with Crippen molar-refractivity contribution in [1.82, 2.24) is 10.3 Å². The minimum atomic E-state index is -0.788. The zero-order chi connectivity index (χ0) is 28.8. The predicted molar refractivity (Wildman–Crippen MR) is 157 cm³/mol. The lowest BCUT2D eigenvalue weighted by Gasteiger charge is -2.28. The summed E-state index contributed by atoms with van der Waals surface area (Å²) in [6.07, 6.45) is 4.76. The van der Waals surface area contributed by atoms with E-state index < -0.39 is 23.9 Å². The first-order valence-corrected chi connectivity index (χ1v) is 14.2. The number of thiazole rings is 1. The number of esters is 1. The molecule has 1 fully saturated rings. The van der Waals surface area contributed by atoms with Gasteiger partial charge in [0.25, 0.3) is 5.91 Å². The summed E-state index contributed by atoms with van der Waals surface area (Å²) in [6.45, 7) is 5.87. The number of methoxy groups -OCH3 is 2. The van der Waals surface area contributed by atoms with Gasteiger partial charge in [-0.2, -0.15) is 0 Å². The average molecular weight is 565 g/mol. The maximum Gasteiger partial charge on any atom is 0.328 e. The summed E-state index contributed by atoms with van der Waals surface area (Å²) in [5.74, 6) is -0.358. The zero-order valence-corrected chi connectivity index (χ0v) is 24.4. The molecular formula is C30H36N4O5S. The van der Waals surface area contributed by atoms with Gasteiger partial charge in [-0.3, -0.25) is 10.1 Å². The molecule has 3 amide bonds. The van der Waals surface area contributed by atoms with Gasteiger partial charge >= 0.3 is 12.0 Å². The summed E-state index contributed by atoms with van der Waals surface area (Å²) in [4.78, 5) is 44.0. The van der Waals surface area contributed by atoms with Gasteiger partial charge in [-0.25, -0.2) is 14.6 Å². The summed E-state index contributed by atoms with van der Waals surface area (Å²) in [5, 5.41) is 9.41. The third kappa shape index (κ3) is 6.80. The molecule has 40 heavy (non-hydrogen) atoms. The van der Waals surface area contributed by atoms with E-state index in [0.29, 0.717) is 16.4 Å². The van der Waals surface area contributed by atoms with Crippen molar-refractivity contribution in [3.63, 3.8) is 0 Å². The van der Waals surface area contributed by atoms with Crippen molar-refractivity contribution in [2.24, 2.45) is 5.92 Å². The highest BCUT2D eigenvalue weighted by molar-refractivity contribution is 7.19. The number of ether oxygens (including phenoxy) is 2. The molecule has 0 unspecified atom stereocenters. The normalized spacial score (nSPS) is 14.2. The molecule has 4 rings (SSSR count). The summed E-state index contributed by atoms with van der Waals surface area (Å²) in [7, 11) is 2.91. The van der Waals surface area contributed by atoms with E-state index in [-0.39, 0.29) is 16.6 Å². The molecule has 1 aliphatic rings. The van der Waals surface area contributed by atoms with Crippen LogP contribution in [0.25, 0.3) is 10.6 Å². The van der Waals surface area contributed by atoms with Crippen LogP contribution in [0.2, 0.25) is 0 Å². The SMILES string of the molecule is COC(=O)[C@@H](NC(=O)c1nc(-c2ccc(OC)cc2)sc1NC(=O)Nc1c(C)cc(C)cc1C)C1CCCCC1. The molecule has 10 heteroatoms. The van der Waals surface area contributed by atoms with E-state index in [1.807, 2.05) is 45.0 Å². The van der Waals surface area contributed by atoms with Crippen LogP contribution in [0.1, 0.15) is 59.3 Å². The fourth-order valence-electron chi connectivity index (χ4n) is 5.21. The zero-order valence-electron chi connectivity index (χ0n) is 23.6. The van der Waals surface area contributed by atoms with Crippen molar-refractivity contribution >= 4 is 39.9 Å². The van der Waals surface area contributed by atoms with Crippen molar-refractivity contribution in [2.75, 3.05) is 24.9 Å². The molecule has 1 aliphatic carbocycles. The maximum absolute atomic E-state index is 13.6. The van der Waals surface area contributed by atoms with Crippen LogP contribution in [-0.2, 0) is 9.53 Å². The number of hydrogen-bond donors (Lipinski definition) is 3. The van der Waals surface area contributed by atoms with Crippen molar-refractivity contribution in [2.45, 2.75) is 58.9 Å². The first-order chi connectivity index (χ1) is 19.2. The number of hydrogen-bond acceptors (Lipinski definition) is 7. The van der Waals surface area contributed by atoms with Gasteiger partial charge < -0.3 is 20.1 Å². The van der Waals surface area contributed by atoms with Crippen molar-refractivity contribution in [3.05, 3.63) is 58.8 Å². The third-order valence-corrected chi connectivity index (χ3v) is 8.20. The van der Waals surface area contributed by atoms with E-state index in [1.54, 1.807) is 19.2 Å². The van der Waals surface area contributed by atoms with Gasteiger partial charge in [0.2, 0.25) is 0 Å². The Hall–Kier alpha value is -3.92. The van der Waals surface area contributed by atoms with Crippen molar-refractivity contribution in [1.29, 1.82) is 0 Å². The lowest BCUT2D eigenvalue weighted by Crippen LogP contribution is -2.47. The fourth-order valence-corrected chi connectivity index (χ4v) is 6.18. The molecule has 0 saturated heterocycles. The number of carbonyl (C=O) groups excluding carboxylic acids is 3. The number of amides is 3. The molecule has 0 aliphatic heterocycles. The van der Waals surface area contributed by atoms with E-state index in [9.17, 15) is 14.4 Å². The number of benzene rings is 2. The molecule has 9 nitrogen and oxygen atoms in total. The predicted octanol–water partition coefficient (Wildman–Crippen LogP) is 6.24. The molecule has 0 bridgehead atoms. The van der Waals surface area contributed by atoms with Crippen LogP contribution >= 0.6 is 11.3 Å². The van der Waals surface area contributed by atoms with Crippen LogP contribution in [0.5, 0.6) is 5.75 Å². The second kappa shape index (κ2) is 13.0. The number of rotatable bonds is 8. The van der Waals surface area contributed by atoms with Gasteiger partial charge in [0.15, 0.2) is 5.69 Å². The number of nitrogens with zero attached hydrogens (tertiary/aromatic N) is 1. The van der Waals surface area contributed by atoms with Crippen LogP contribution in [0.4, 0.5) is 15.5 Å². The van der Waals surface area contributed by atoms with E-state index in [0.717, 1.165) is 54.4 Å². The lowest BCUT2D eigenvalue weighted by atomic mass is 9.84. The Bertz CT molecular complexity index is 1360. The van der Waals surface area contributed by atoms with Crippen molar-refractivity contribution < 1.29 is 23.9 Å². The van der Waals surface area contributed by atoms with Crippen LogP contribution in [0.3, 0.4) is 0 Å². The van der Waals surface area contributed by atoms with Gasteiger partial charge in [0.05, 0.1) is 14.2 Å². The number of carbonyl (C=O) groups is 3. The van der Waals surface area contributed by atoms with Crippen LogP contribution < -0.4 is 20.7 Å². The smallest absolute Gasteiger partial charge is 0.328 e. The Morgan fingerprint density at radius 1 is 0.950 bits per heavy atom. The molecule has 0 radical (unpaired) electrons. The highest BCUT2D eigenvalue weighted by Gasteiger charge is 2.33. The average Bonchev–Trinajstić information content (AvgIpc) is 3.37. The number of aryl methyl sites for hydroxylation is 3. The molecule has 1 saturated carbocycles. The second-order valence-corrected chi connectivity index (χ2v) is 11.1. The third-order valence-electron chi connectivity index (χ3n) is 7.18. The summed E-state index contributed by atoms with van der Waals surface area (Å²) >= 11 is 1.18. The largest absolute Gasteiger partial charge is 0.497 e. The number of aromatic nitrogens is 1. The molecule has 1 heterocycles. The molecule has 0 spiro atoms. The van der Waals surface area contributed by atoms with Crippen LogP contribution in [0.15, 0.2) is 36.4 Å². The van der Waals surface area contributed by atoms with Gasteiger partial charge in [-0.05, 0) is 74.9 Å². The molecular weight excluding hydrogens is 528 g/mol. The first-order valence-electron chi connectivity index (χ1n) is 13.4. The summed E-state index contributed by atoms with van der Waals surface area (Å²) in [5.41, 5.74) is 4.47. The highest BCUT2D eigenvalue weighted by atomic mass is 32.1. The Balaban J connectivity index is 1.64. The maximum atomic E-state index is 13.6. The minimum absolute atomic E-state index is 0.0166. The van der Waals surface area contributed by atoms with Gasteiger partial charge in [-0.1, -0.05) is 48.3 Å². The van der Waals surface area contributed by atoms with Crippen LogP contribution in [-0.4, -0.2) is 43.2 Å². The van der Waals surface area contributed by atoms with Crippen LogP contribution in [0, 0.1) is 26.7 Å². The van der Waals surface area contributed by atoms with E-state index in [1.165, 1.54) is 18.4 Å². The monoisotopic (exact) mass is 564 g/mol. The molecule has 3 aromatic rings. The quantitative estimate of drug-likeness (QED) is 0.279. The Labute approximate surface area is 238 Å². The minimum Gasteiger partial charge on any atom is -0.497 e. The molecule has 2 aromatic carbocycles. The summed E-state index contributed by atoms with van der Waals surface area (Å²) in [6, 6.07) is 9.98. The van der Waals surface area contributed by atoms with E-state index in [4.69, 9.17) is 9.47 Å². The topological polar surface area (TPSA) is 119 Å². The van der Waals surface area contributed by atoms with E-state index in [2.05, 4.69) is 20.9 Å². The number of urea groups is 1.